The van der Waals surface area contributed by atoms with Crippen molar-refractivity contribution in [3.63, 3.8) is 0 Å². The fourth-order valence-electron chi connectivity index (χ4n) is 1.11. The molecule has 0 aliphatic heterocycles. The first-order valence-electron chi connectivity index (χ1n) is 3.57. The molecule has 0 aliphatic rings. The van der Waals surface area contributed by atoms with Crippen molar-refractivity contribution in [1.29, 1.82) is 0 Å². The molecule has 2 rings (SSSR count). The van der Waals surface area contributed by atoms with Crippen molar-refractivity contribution in [3.8, 4) is 0 Å². The zero-order valence-electron chi connectivity index (χ0n) is 6.58. The lowest BCUT2D eigenvalue weighted by Crippen LogP contribution is -1.95. The number of fused-ring (bicyclic) bond motifs is 1. The van der Waals surface area contributed by atoms with Gasteiger partial charge >= 0.3 is 0 Å². The van der Waals surface area contributed by atoms with E-state index in [9.17, 15) is 4.39 Å². The van der Waals surface area contributed by atoms with E-state index in [0.29, 0.717) is 17.0 Å². The van der Waals surface area contributed by atoms with Crippen molar-refractivity contribution >= 4 is 11.5 Å². The molecule has 4 heteroatoms. The Hall–Kier alpha value is -1.58. The third-order valence-corrected chi connectivity index (χ3v) is 1.82. The number of hydrogen-bond acceptors (Lipinski definition) is 2. The molecular weight excluding hydrogens is 157 g/mol. The number of halogens is 1. The van der Waals surface area contributed by atoms with Crippen molar-refractivity contribution in [2.45, 2.75) is 6.92 Å². The lowest BCUT2D eigenvalue weighted by molar-refractivity contribution is 0.610. The van der Waals surface area contributed by atoms with Gasteiger partial charge in [-0.1, -0.05) is 0 Å². The van der Waals surface area contributed by atoms with E-state index in [1.807, 2.05) is 0 Å². The largest absolute Gasteiger partial charge is 0.383 e. The molecule has 0 amide bonds. The highest BCUT2D eigenvalue weighted by Crippen LogP contribution is 2.12. The molecule has 2 aromatic heterocycles. The van der Waals surface area contributed by atoms with Gasteiger partial charge in [-0.15, -0.1) is 0 Å². The number of hydrogen-bond donors (Lipinski definition) is 1. The van der Waals surface area contributed by atoms with Gasteiger partial charge < -0.3 is 5.73 Å². The Morgan fingerprint density at radius 2 is 2.33 bits per heavy atom. The van der Waals surface area contributed by atoms with Crippen LogP contribution >= 0.6 is 0 Å². The molecule has 3 nitrogen and oxygen atoms in total. The predicted octanol–water partition coefficient (Wildman–Crippen LogP) is 1.36. The van der Waals surface area contributed by atoms with Gasteiger partial charge in [0.1, 0.15) is 17.3 Å². The maximum absolute atomic E-state index is 13.0. The van der Waals surface area contributed by atoms with Crippen LogP contribution in [0.4, 0.5) is 10.2 Å². The standard InChI is InChI=1S/C8H8FN3/c1-5-2-8-11-3-7(10)12(8)4-6(5)9/h2-4H,10H2,1H3. The van der Waals surface area contributed by atoms with Gasteiger partial charge in [-0.3, -0.25) is 4.40 Å². The summed E-state index contributed by atoms with van der Waals surface area (Å²) >= 11 is 0. The molecule has 0 atom stereocenters. The highest BCUT2D eigenvalue weighted by Gasteiger charge is 2.03. The van der Waals surface area contributed by atoms with Crippen molar-refractivity contribution in [2.24, 2.45) is 0 Å². The third kappa shape index (κ3) is 0.845. The summed E-state index contributed by atoms with van der Waals surface area (Å²) in [5.74, 6) is 0.177. The molecule has 0 aromatic carbocycles. The monoisotopic (exact) mass is 165 g/mol. The molecule has 0 aliphatic carbocycles. The second kappa shape index (κ2) is 2.20. The number of nitrogen functional groups attached to an aromatic ring is 1. The first-order valence-corrected chi connectivity index (χ1v) is 3.57. The Bertz CT molecular complexity index is 433. The second-order valence-corrected chi connectivity index (χ2v) is 2.72. The molecule has 0 radical (unpaired) electrons. The van der Waals surface area contributed by atoms with Crippen LogP contribution < -0.4 is 5.73 Å². The molecule has 0 fully saturated rings. The van der Waals surface area contributed by atoms with Crippen LogP contribution in [-0.4, -0.2) is 9.38 Å². The Morgan fingerprint density at radius 1 is 1.58 bits per heavy atom. The summed E-state index contributed by atoms with van der Waals surface area (Å²) in [7, 11) is 0. The highest BCUT2D eigenvalue weighted by molar-refractivity contribution is 5.49. The normalized spacial score (nSPS) is 10.8. The average Bonchev–Trinajstić information content (AvgIpc) is 2.35. The van der Waals surface area contributed by atoms with Gasteiger partial charge in [-0.05, 0) is 18.6 Å². The number of imidazole rings is 1. The Balaban J connectivity index is 2.87. The molecule has 0 unspecified atom stereocenters. The first-order chi connectivity index (χ1) is 5.68. The topological polar surface area (TPSA) is 43.3 Å². The van der Waals surface area contributed by atoms with Gasteiger partial charge in [-0.25, -0.2) is 9.37 Å². The lowest BCUT2D eigenvalue weighted by Gasteiger charge is -1.98. The van der Waals surface area contributed by atoms with E-state index >= 15 is 0 Å². The van der Waals surface area contributed by atoms with Crippen LogP contribution in [0, 0.1) is 12.7 Å². The summed E-state index contributed by atoms with van der Waals surface area (Å²) in [6.45, 7) is 1.69. The van der Waals surface area contributed by atoms with E-state index in [2.05, 4.69) is 4.98 Å². The summed E-state index contributed by atoms with van der Waals surface area (Å²) in [5, 5.41) is 0. The number of aromatic nitrogens is 2. The molecule has 2 N–H and O–H groups in total. The van der Waals surface area contributed by atoms with Crippen molar-refractivity contribution in [2.75, 3.05) is 5.73 Å². The minimum Gasteiger partial charge on any atom is -0.383 e. The number of pyridine rings is 1. The maximum atomic E-state index is 13.0. The number of nitrogens with zero attached hydrogens (tertiary/aromatic N) is 2. The summed E-state index contributed by atoms with van der Waals surface area (Å²) < 4.78 is 14.5. The quantitative estimate of drug-likeness (QED) is 0.640. The third-order valence-electron chi connectivity index (χ3n) is 1.82. The molecule has 62 valence electrons. The van der Waals surface area contributed by atoms with Crippen LogP contribution in [0.1, 0.15) is 5.56 Å². The van der Waals surface area contributed by atoms with Crippen LogP contribution in [0.2, 0.25) is 0 Å². The Labute approximate surface area is 68.6 Å². The van der Waals surface area contributed by atoms with E-state index in [1.54, 1.807) is 13.0 Å². The molecule has 2 aromatic rings. The zero-order chi connectivity index (χ0) is 8.72. The summed E-state index contributed by atoms with van der Waals surface area (Å²) in [6, 6.07) is 1.66. The summed E-state index contributed by atoms with van der Waals surface area (Å²) in [6.07, 6.45) is 2.85. The highest BCUT2D eigenvalue weighted by atomic mass is 19.1. The summed E-state index contributed by atoms with van der Waals surface area (Å²) in [4.78, 5) is 3.99. The van der Waals surface area contributed by atoms with Crippen LogP contribution in [0.5, 0.6) is 0 Å². The minimum atomic E-state index is -0.271. The van der Waals surface area contributed by atoms with Crippen LogP contribution in [0.15, 0.2) is 18.5 Å². The van der Waals surface area contributed by atoms with E-state index in [0.717, 1.165) is 0 Å². The SMILES string of the molecule is Cc1cc2ncc(N)n2cc1F. The van der Waals surface area contributed by atoms with Crippen LogP contribution in [0.25, 0.3) is 5.65 Å². The minimum absolute atomic E-state index is 0.271. The fraction of sp³-hybridized carbons (Fsp3) is 0.125. The number of rotatable bonds is 0. The van der Waals surface area contributed by atoms with E-state index in [4.69, 9.17) is 5.73 Å². The van der Waals surface area contributed by atoms with Crippen LogP contribution in [-0.2, 0) is 0 Å². The Morgan fingerprint density at radius 3 is 3.08 bits per heavy atom. The zero-order valence-corrected chi connectivity index (χ0v) is 6.58. The van der Waals surface area contributed by atoms with Crippen LogP contribution in [0.3, 0.4) is 0 Å². The molecule has 0 spiro atoms. The molecule has 0 bridgehead atoms. The summed E-state index contributed by atoms with van der Waals surface area (Å²) in [5.41, 5.74) is 6.78. The van der Waals surface area contributed by atoms with E-state index in [1.165, 1.54) is 16.8 Å². The van der Waals surface area contributed by atoms with Gasteiger partial charge in [0.15, 0.2) is 0 Å². The molecular formula is C8H8FN3. The Kier molecular flexibility index (Phi) is 1.30. The lowest BCUT2D eigenvalue weighted by atomic mass is 10.3. The smallest absolute Gasteiger partial charge is 0.142 e. The van der Waals surface area contributed by atoms with Gasteiger partial charge in [0.05, 0.1) is 6.20 Å². The molecule has 0 saturated carbocycles. The second-order valence-electron chi connectivity index (χ2n) is 2.72. The van der Waals surface area contributed by atoms with Gasteiger partial charge in [0, 0.05) is 6.20 Å². The van der Waals surface area contributed by atoms with Gasteiger partial charge in [-0.2, -0.15) is 0 Å². The predicted molar refractivity (Wildman–Crippen MR) is 44.3 cm³/mol. The van der Waals surface area contributed by atoms with E-state index < -0.39 is 0 Å². The van der Waals surface area contributed by atoms with Gasteiger partial charge in [0.2, 0.25) is 0 Å². The fourth-order valence-corrected chi connectivity index (χ4v) is 1.11. The van der Waals surface area contributed by atoms with Crippen molar-refractivity contribution < 1.29 is 4.39 Å². The molecule has 0 saturated heterocycles. The number of aryl methyl sites for hydroxylation is 1. The first kappa shape index (κ1) is 7.09. The van der Waals surface area contributed by atoms with E-state index in [-0.39, 0.29) is 5.82 Å². The number of nitrogens with two attached hydrogens (primary N) is 1. The maximum Gasteiger partial charge on any atom is 0.142 e. The molecule has 2 heterocycles. The number of anilines is 1. The molecule has 12 heavy (non-hydrogen) atoms. The van der Waals surface area contributed by atoms with Crippen molar-refractivity contribution in [1.82, 2.24) is 9.38 Å². The average molecular weight is 165 g/mol. The van der Waals surface area contributed by atoms with Crippen molar-refractivity contribution in [3.05, 3.63) is 29.8 Å². The van der Waals surface area contributed by atoms with Gasteiger partial charge in [0.25, 0.3) is 0 Å².